The number of hydrogen-bond acceptors (Lipinski definition) is 8. The van der Waals surface area contributed by atoms with Crippen molar-refractivity contribution < 1.29 is 0 Å². The SMILES string of the molecule is c1cnc2sc(SSSCc3ccc4scnc4c3)nc2c1. The van der Waals surface area contributed by atoms with E-state index in [4.69, 9.17) is 0 Å². The van der Waals surface area contributed by atoms with E-state index in [1.54, 1.807) is 43.3 Å². The lowest BCUT2D eigenvalue weighted by Gasteiger charge is -1.99. The zero-order chi connectivity index (χ0) is 14.8. The lowest BCUT2D eigenvalue weighted by atomic mass is 10.2. The number of rotatable bonds is 5. The maximum absolute atomic E-state index is 4.57. The molecule has 0 unspecified atom stereocenters. The molecule has 22 heavy (non-hydrogen) atoms. The lowest BCUT2D eigenvalue weighted by Crippen LogP contribution is -1.77. The second-order valence-corrected chi connectivity index (χ2v) is 10.6. The van der Waals surface area contributed by atoms with Crippen LogP contribution in [0.25, 0.3) is 20.6 Å². The van der Waals surface area contributed by atoms with Gasteiger partial charge in [0.05, 0.1) is 15.7 Å². The number of pyridine rings is 1. The average molecular weight is 380 g/mol. The van der Waals surface area contributed by atoms with Crippen LogP contribution in [0.1, 0.15) is 5.56 Å². The van der Waals surface area contributed by atoms with Crippen molar-refractivity contribution in [3.05, 3.63) is 47.6 Å². The molecule has 4 aromatic rings. The Balaban J connectivity index is 1.34. The molecule has 1 aromatic carbocycles. The first kappa shape index (κ1) is 14.8. The summed E-state index contributed by atoms with van der Waals surface area (Å²) in [5, 5.41) is 0. The monoisotopic (exact) mass is 379 g/mol. The van der Waals surface area contributed by atoms with E-state index in [-0.39, 0.29) is 0 Å². The molecule has 0 N–H and O–H groups in total. The van der Waals surface area contributed by atoms with Crippen LogP contribution in [0.2, 0.25) is 0 Å². The predicted octanol–water partition coefficient (Wildman–Crippen LogP) is 5.89. The maximum Gasteiger partial charge on any atom is 0.164 e. The topological polar surface area (TPSA) is 38.7 Å². The molecule has 0 atom stereocenters. The second kappa shape index (κ2) is 6.76. The number of benzene rings is 1. The Morgan fingerprint density at radius 1 is 1.09 bits per heavy atom. The van der Waals surface area contributed by atoms with E-state index in [9.17, 15) is 0 Å². The van der Waals surface area contributed by atoms with Gasteiger partial charge in [-0.3, -0.25) is 0 Å². The van der Waals surface area contributed by atoms with Gasteiger partial charge in [0.2, 0.25) is 0 Å². The maximum atomic E-state index is 4.57. The van der Waals surface area contributed by atoms with Gasteiger partial charge in [-0.15, -0.1) is 11.3 Å². The molecule has 0 spiro atoms. The van der Waals surface area contributed by atoms with Gasteiger partial charge in [0.15, 0.2) is 4.34 Å². The highest BCUT2D eigenvalue weighted by Gasteiger charge is 2.06. The zero-order valence-electron chi connectivity index (χ0n) is 11.1. The Kier molecular flexibility index (Phi) is 4.54. The Hall–Kier alpha value is -0.800. The van der Waals surface area contributed by atoms with E-state index in [0.29, 0.717) is 0 Å². The normalized spacial score (nSPS) is 11.5. The fourth-order valence-electron chi connectivity index (χ4n) is 1.92. The zero-order valence-corrected chi connectivity index (χ0v) is 15.2. The Morgan fingerprint density at radius 2 is 2.09 bits per heavy atom. The molecule has 3 heterocycles. The van der Waals surface area contributed by atoms with Gasteiger partial charge < -0.3 is 0 Å². The van der Waals surface area contributed by atoms with Gasteiger partial charge in [-0.25, -0.2) is 15.0 Å². The van der Waals surface area contributed by atoms with E-state index in [0.717, 1.165) is 26.0 Å². The Bertz CT molecular complexity index is 880. The molecule has 0 aliphatic carbocycles. The Labute approximate surface area is 146 Å². The average Bonchev–Trinajstić information content (AvgIpc) is 3.17. The highest BCUT2D eigenvalue weighted by Crippen LogP contribution is 2.44. The van der Waals surface area contributed by atoms with Gasteiger partial charge in [0.25, 0.3) is 0 Å². The quantitative estimate of drug-likeness (QED) is 0.318. The van der Waals surface area contributed by atoms with Gasteiger partial charge in [0, 0.05) is 11.9 Å². The Morgan fingerprint density at radius 3 is 3.05 bits per heavy atom. The van der Waals surface area contributed by atoms with Crippen LogP contribution in [-0.2, 0) is 5.75 Å². The van der Waals surface area contributed by atoms with Crippen LogP contribution in [0.5, 0.6) is 0 Å². The lowest BCUT2D eigenvalue weighted by molar-refractivity contribution is 1.30. The molecule has 8 heteroatoms. The van der Waals surface area contributed by atoms with E-state index >= 15 is 0 Å². The summed E-state index contributed by atoms with van der Waals surface area (Å²) in [6.07, 6.45) is 1.81. The number of nitrogens with zero attached hydrogens (tertiary/aromatic N) is 3. The standard InChI is InChI=1S/C14H9N3S5/c1-2-10-13(15-5-1)20-14(17-10)21-22-19-7-9-3-4-12-11(6-9)16-8-18-12/h1-6,8H,7H2. The summed E-state index contributed by atoms with van der Waals surface area (Å²) in [6.45, 7) is 0. The summed E-state index contributed by atoms with van der Waals surface area (Å²) in [5.41, 5.74) is 5.28. The van der Waals surface area contributed by atoms with E-state index < -0.39 is 0 Å². The van der Waals surface area contributed by atoms with Crippen LogP contribution >= 0.6 is 54.1 Å². The van der Waals surface area contributed by atoms with E-state index in [2.05, 4.69) is 33.2 Å². The van der Waals surface area contributed by atoms with Gasteiger partial charge in [0.1, 0.15) is 10.3 Å². The molecular formula is C14H9N3S5. The molecular weight excluding hydrogens is 371 g/mol. The largest absolute Gasteiger partial charge is 0.245 e. The third kappa shape index (κ3) is 3.26. The first-order valence-corrected chi connectivity index (χ1v) is 11.7. The summed E-state index contributed by atoms with van der Waals surface area (Å²) >= 11 is 3.33. The van der Waals surface area contributed by atoms with E-state index in [1.165, 1.54) is 10.3 Å². The number of thiazole rings is 2. The number of aromatic nitrogens is 3. The van der Waals surface area contributed by atoms with Crippen LogP contribution in [-0.4, -0.2) is 15.0 Å². The number of fused-ring (bicyclic) bond motifs is 2. The van der Waals surface area contributed by atoms with Gasteiger partial charge in [-0.2, -0.15) is 0 Å². The van der Waals surface area contributed by atoms with Crippen molar-refractivity contribution in [3.63, 3.8) is 0 Å². The first-order valence-electron chi connectivity index (χ1n) is 6.38. The van der Waals surface area contributed by atoms with Crippen molar-refractivity contribution in [3.8, 4) is 0 Å². The molecule has 0 radical (unpaired) electrons. The van der Waals surface area contributed by atoms with Crippen molar-refractivity contribution in [2.24, 2.45) is 0 Å². The second-order valence-electron chi connectivity index (χ2n) is 4.38. The predicted molar refractivity (Wildman–Crippen MR) is 102 cm³/mol. The summed E-state index contributed by atoms with van der Waals surface area (Å²) in [7, 11) is 5.29. The summed E-state index contributed by atoms with van der Waals surface area (Å²) in [5.74, 6) is 0.967. The van der Waals surface area contributed by atoms with Gasteiger partial charge >= 0.3 is 0 Å². The molecule has 3 nitrogen and oxygen atoms in total. The molecule has 0 aliphatic rings. The minimum atomic E-state index is 0.967. The highest BCUT2D eigenvalue weighted by molar-refractivity contribution is 9.09. The fourth-order valence-corrected chi connectivity index (χ4v) is 7.63. The molecule has 0 fully saturated rings. The van der Waals surface area contributed by atoms with Crippen LogP contribution < -0.4 is 0 Å². The van der Waals surface area contributed by atoms with Crippen molar-refractivity contribution in [2.75, 3.05) is 0 Å². The third-order valence-corrected chi connectivity index (χ3v) is 8.97. The van der Waals surface area contributed by atoms with Crippen LogP contribution in [0, 0.1) is 0 Å². The molecule has 0 bridgehead atoms. The van der Waals surface area contributed by atoms with Crippen LogP contribution in [0.3, 0.4) is 0 Å². The van der Waals surface area contributed by atoms with Gasteiger partial charge in [-0.05, 0) is 50.4 Å². The first-order chi connectivity index (χ1) is 10.9. The number of hydrogen-bond donors (Lipinski definition) is 0. The van der Waals surface area contributed by atoms with Crippen molar-refractivity contribution in [2.45, 2.75) is 10.1 Å². The third-order valence-electron chi connectivity index (χ3n) is 2.92. The van der Waals surface area contributed by atoms with Crippen molar-refractivity contribution >= 4 is 74.7 Å². The van der Waals surface area contributed by atoms with Crippen LogP contribution in [0.4, 0.5) is 0 Å². The molecule has 0 aliphatic heterocycles. The van der Waals surface area contributed by atoms with Crippen LogP contribution in [0.15, 0.2) is 46.4 Å². The molecule has 110 valence electrons. The summed E-state index contributed by atoms with van der Waals surface area (Å²) in [6, 6.07) is 10.4. The molecule has 3 aromatic heterocycles. The smallest absolute Gasteiger partial charge is 0.164 e. The molecule has 4 rings (SSSR count). The minimum Gasteiger partial charge on any atom is -0.245 e. The van der Waals surface area contributed by atoms with Crippen molar-refractivity contribution in [1.82, 2.24) is 15.0 Å². The summed E-state index contributed by atoms with van der Waals surface area (Å²) in [4.78, 5) is 14.3. The minimum absolute atomic E-state index is 0.967. The molecule has 0 saturated carbocycles. The van der Waals surface area contributed by atoms with E-state index in [1.807, 2.05) is 34.6 Å². The highest BCUT2D eigenvalue weighted by atomic mass is 33.5. The summed E-state index contributed by atoms with van der Waals surface area (Å²) < 4.78 is 2.30. The molecule has 0 saturated heterocycles. The van der Waals surface area contributed by atoms with Gasteiger partial charge in [-0.1, -0.05) is 28.2 Å². The molecule has 0 amide bonds. The van der Waals surface area contributed by atoms with Crippen molar-refractivity contribution in [1.29, 1.82) is 0 Å². The fraction of sp³-hybridized carbons (Fsp3) is 0.0714.